The van der Waals surface area contributed by atoms with E-state index in [1.807, 2.05) is 61.7 Å². The molecule has 0 unspecified atom stereocenters. The molecule has 0 spiro atoms. The summed E-state index contributed by atoms with van der Waals surface area (Å²) in [4.78, 5) is 5.92. The monoisotopic (exact) mass is 529 g/mol. The zero-order valence-corrected chi connectivity index (χ0v) is 21.7. The molecule has 0 aliphatic rings. The molecule has 0 radical (unpaired) electrons. The van der Waals surface area contributed by atoms with Crippen molar-refractivity contribution in [3.05, 3.63) is 101 Å². The number of halogens is 1. The van der Waals surface area contributed by atoms with Crippen LogP contribution in [0.1, 0.15) is 23.9 Å². The molecule has 0 aliphatic heterocycles. The number of hydrogen-bond donors (Lipinski definition) is 0. The summed E-state index contributed by atoms with van der Waals surface area (Å²) in [7, 11) is 0. The maximum absolute atomic E-state index is 6.18. The van der Waals surface area contributed by atoms with Crippen molar-refractivity contribution >= 4 is 38.1 Å². The molecule has 6 rings (SSSR count). The van der Waals surface area contributed by atoms with Gasteiger partial charge in [-0.2, -0.15) is 0 Å². The molecule has 3 aromatic carbocycles. The van der Waals surface area contributed by atoms with E-state index in [2.05, 4.69) is 39.0 Å². The lowest BCUT2D eigenvalue weighted by Crippen LogP contribution is -2.00. The molecule has 7 nitrogen and oxygen atoms in total. The third kappa shape index (κ3) is 4.96. The molecule has 3 heterocycles. The minimum Gasteiger partial charge on any atom is -0.494 e. The minimum atomic E-state index is 0.341. The molecule has 6 aromatic rings. The molecule has 0 amide bonds. The topological polar surface area (TPSA) is 66.5 Å². The number of nitrogens with zero attached hydrogens (tertiary/aromatic N) is 5. The van der Waals surface area contributed by atoms with E-state index >= 15 is 0 Å². The lowest BCUT2D eigenvalue weighted by atomic mass is 10.1. The number of ether oxygens (including phenoxy) is 2. The Morgan fingerprint density at radius 1 is 0.973 bits per heavy atom. The zero-order valence-electron chi connectivity index (χ0n) is 20.2. The van der Waals surface area contributed by atoms with Crippen molar-refractivity contribution in [3.8, 4) is 17.0 Å². The summed E-state index contributed by atoms with van der Waals surface area (Å²) in [5, 5.41) is 9.23. The van der Waals surface area contributed by atoms with Crippen molar-refractivity contribution in [2.24, 2.45) is 0 Å². The molecule has 0 atom stereocenters. The average Bonchev–Trinajstić information content (AvgIpc) is 3.59. The molecule has 186 valence electrons. The van der Waals surface area contributed by atoms with Gasteiger partial charge in [0.15, 0.2) is 4.96 Å². The van der Waals surface area contributed by atoms with Crippen LogP contribution in [0.2, 0.25) is 5.02 Å². The van der Waals surface area contributed by atoms with Gasteiger partial charge in [-0.15, -0.1) is 5.10 Å². The Bertz CT molecular complexity index is 1670. The Labute approximate surface area is 222 Å². The van der Waals surface area contributed by atoms with Crippen LogP contribution in [0.5, 0.6) is 5.75 Å². The smallest absolute Gasteiger partial charge is 0.195 e. The number of thiazole rings is 1. The highest BCUT2D eigenvalue weighted by molar-refractivity contribution is 7.23. The predicted octanol–water partition coefficient (Wildman–Crippen LogP) is 6.62. The van der Waals surface area contributed by atoms with E-state index in [-0.39, 0.29) is 0 Å². The van der Waals surface area contributed by atoms with Gasteiger partial charge in [0.05, 0.1) is 54.2 Å². The van der Waals surface area contributed by atoms with Gasteiger partial charge < -0.3 is 9.47 Å². The second-order valence-corrected chi connectivity index (χ2v) is 10.0. The van der Waals surface area contributed by atoms with Gasteiger partial charge in [0.2, 0.25) is 0 Å². The summed E-state index contributed by atoms with van der Waals surface area (Å²) in [6.45, 7) is 3.94. The quantitative estimate of drug-likeness (QED) is 0.210. The lowest BCUT2D eigenvalue weighted by molar-refractivity contribution is 0.102. The molecule has 37 heavy (non-hydrogen) atoms. The molecule has 0 bridgehead atoms. The molecule has 0 saturated heterocycles. The number of imidazole rings is 1. The van der Waals surface area contributed by atoms with Gasteiger partial charge in [-0.1, -0.05) is 70.6 Å². The molecule has 0 N–H and O–H groups in total. The van der Waals surface area contributed by atoms with E-state index < -0.39 is 0 Å². The molecule has 0 aliphatic carbocycles. The van der Waals surface area contributed by atoms with Crippen LogP contribution in [0.15, 0.2) is 79.0 Å². The zero-order chi connectivity index (χ0) is 25.2. The van der Waals surface area contributed by atoms with Gasteiger partial charge in [-0.05, 0) is 42.8 Å². The molecule has 0 saturated carbocycles. The summed E-state index contributed by atoms with van der Waals surface area (Å²) in [5.74, 6) is 0.862. The highest BCUT2D eigenvalue weighted by Gasteiger charge is 2.19. The van der Waals surface area contributed by atoms with Crippen molar-refractivity contribution in [2.75, 3.05) is 6.61 Å². The summed E-state index contributed by atoms with van der Waals surface area (Å²) in [6.07, 6.45) is 1.90. The van der Waals surface area contributed by atoms with Crippen LogP contribution in [0.25, 0.3) is 26.4 Å². The summed E-state index contributed by atoms with van der Waals surface area (Å²) in [5.41, 5.74) is 5.90. The van der Waals surface area contributed by atoms with Gasteiger partial charge in [0, 0.05) is 10.6 Å². The first kappa shape index (κ1) is 23.7. The predicted molar refractivity (Wildman–Crippen MR) is 146 cm³/mol. The maximum Gasteiger partial charge on any atom is 0.195 e. The van der Waals surface area contributed by atoms with E-state index in [0.717, 1.165) is 49.1 Å². The second-order valence-electron chi connectivity index (χ2n) is 8.59. The Morgan fingerprint density at radius 3 is 2.70 bits per heavy atom. The molecule has 9 heteroatoms. The summed E-state index contributed by atoms with van der Waals surface area (Å²) < 4.78 is 17.0. The van der Waals surface area contributed by atoms with E-state index in [4.69, 9.17) is 26.1 Å². The van der Waals surface area contributed by atoms with E-state index in [0.29, 0.717) is 31.4 Å². The van der Waals surface area contributed by atoms with Gasteiger partial charge in [-0.3, -0.25) is 4.40 Å². The normalized spacial score (nSPS) is 11.5. The highest BCUT2D eigenvalue weighted by atomic mass is 35.5. The fourth-order valence-corrected chi connectivity index (χ4v) is 5.67. The summed E-state index contributed by atoms with van der Waals surface area (Å²) >= 11 is 7.75. The SMILES string of the molecule is CCOc1ccc2c(c1)sc1nc(-c3ccccc3)c(COCc3cn(Cc4cccc(Cl)c4)nn3)n12. The lowest BCUT2D eigenvalue weighted by Gasteiger charge is -2.07. The minimum absolute atomic E-state index is 0.341. The second kappa shape index (κ2) is 10.3. The van der Waals surface area contributed by atoms with Gasteiger partial charge in [0.1, 0.15) is 11.4 Å². The van der Waals surface area contributed by atoms with Crippen LogP contribution < -0.4 is 4.74 Å². The van der Waals surface area contributed by atoms with Crippen LogP contribution in [-0.2, 0) is 24.5 Å². The van der Waals surface area contributed by atoms with Crippen molar-refractivity contribution in [2.45, 2.75) is 26.7 Å². The molecular weight excluding hydrogens is 506 g/mol. The van der Waals surface area contributed by atoms with Gasteiger partial charge in [-0.25, -0.2) is 9.67 Å². The first-order chi connectivity index (χ1) is 18.2. The van der Waals surface area contributed by atoms with Crippen molar-refractivity contribution < 1.29 is 9.47 Å². The third-order valence-electron chi connectivity index (χ3n) is 5.98. The highest BCUT2D eigenvalue weighted by Crippen LogP contribution is 2.35. The number of rotatable bonds is 9. The number of hydrogen-bond acceptors (Lipinski definition) is 6. The number of benzene rings is 3. The van der Waals surface area contributed by atoms with Crippen molar-refractivity contribution in [3.63, 3.8) is 0 Å². The summed E-state index contributed by atoms with van der Waals surface area (Å²) in [6, 6.07) is 24.1. The Hall–Kier alpha value is -3.72. The van der Waals surface area contributed by atoms with Gasteiger partial charge in [0.25, 0.3) is 0 Å². The van der Waals surface area contributed by atoms with Crippen LogP contribution in [0.4, 0.5) is 0 Å². The third-order valence-corrected chi connectivity index (χ3v) is 7.22. The van der Waals surface area contributed by atoms with Crippen molar-refractivity contribution in [1.29, 1.82) is 0 Å². The van der Waals surface area contributed by atoms with Crippen LogP contribution in [0.3, 0.4) is 0 Å². The molecule has 3 aromatic heterocycles. The Balaban J connectivity index is 1.26. The van der Waals surface area contributed by atoms with Crippen molar-refractivity contribution in [1.82, 2.24) is 24.4 Å². The first-order valence-electron chi connectivity index (χ1n) is 12.0. The number of fused-ring (bicyclic) bond motifs is 3. The Kier molecular flexibility index (Phi) is 6.61. The fraction of sp³-hybridized carbons (Fsp3) is 0.179. The Morgan fingerprint density at radius 2 is 1.86 bits per heavy atom. The largest absolute Gasteiger partial charge is 0.494 e. The van der Waals surface area contributed by atoms with E-state index in [1.54, 1.807) is 16.0 Å². The van der Waals surface area contributed by atoms with Gasteiger partial charge >= 0.3 is 0 Å². The van der Waals surface area contributed by atoms with Crippen LogP contribution >= 0.6 is 22.9 Å². The first-order valence-corrected chi connectivity index (χ1v) is 13.2. The average molecular weight is 530 g/mol. The molecular formula is C28H24ClN5O2S. The maximum atomic E-state index is 6.18. The van der Waals surface area contributed by atoms with Crippen LogP contribution in [0, 0.1) is 0 Å². The van der Waals surface area contributed by atoms with Crippen LogP contribution in [-0.4, -0.2) is 31.0 Å². The van der Waals surface area contributed by atoms with E-state index in [1.165, 1.54) is 0 Å². The fourth-order valence-electron chi connectivity index (χ4n) is 4.38. The van der Waals surface area contributed by atoms with E-state index in [9.17, 15) is 0 Å². The number of aromatic nitrogens is 5. The molecule has 0 fully saturated rings. The standard InChI is InChI=1S/C28H24ClN5O2S/c1-2-36-23-11-12-24-26(14-23)37-28-30-27(20-8-4-3-5-9-20)25(34(24)28)18-35-17-22-16-33(32-31-22)15-19-7-6-10-21(29)13-19/h3-14,16H,2,15,17-18H2,1H3.